The Balaban J connectivity index is 2.01. The molecule has 0 radical (unpaired) electrons. The van der Waals surface area contributed by atoms with E-state index in [1.807, 2.05) is 30.3 Å². The molecule has 0 unspecified atom stereocenters. The number of carbonyl (C=O) groups is 1. The minimum absolute atomic E-state index is 0.0809. The number of nitrogens with one attached hydrogen (secondary N) is 2. The topological polar surface area (TPSA) is 57.8 Å². The number of fused-ring (bicyclic) bond motifs is 1. The van der Waals surface area contributed by atoms with Crippen molar-refractivity contribution in [3.8, 4) is 11.4 Å². The van der Waals surface area contributed by atoms with Crippen LogP contribution in [0.25, 0.3) is 22.4 Å². The number of nitrogens with zero attached hydrogens (tertiary/aromatic N) is 1. The molecule has 0 aliphatic rings. The van der Waals surface area contributed by atoms with Crippen molar-refractivity contribution in [2.75, 3.05) is 5.32 Å². The minimum atomic E-state index is -0.0809. The number of aromatic amines is 1. The maximum absolute atomic E-state index is 11.1. The number of rotatable bonds is 2. The van der Waals surface area contributed by atoms with E-state index in [9.17, 15) is 4.79 Å². The van der Waals surface area contributed by atoms with Gasteiger partial charge in [-0.25, -0.2) is 4.98 Å². The Morgan fingerprint density at radius 1 is 1.15 bits per heavy atom. The molecule has 0 saturated heterocycles. The van der Waals surface area contributed by atoms with E-state index in [4.69, 9.17) is 0 Å². The second-order valence-electron chi connectivity index (χ2n) is 4.86. The Bertz CT molecular complexity index is 772. The first-order valence-corrected chi connectivity index (χ1v) is 6.46. The highest BCUT2D eigenvalue weighted by atomic mass is 16.1. The van der Waals surface area contributed by atoms with Crippen LogP contribution >= 0.6 is 0 Å². The van der Waals surface area contributed by atoms with Crippen molar-refractivity contribution in [2.45, 2.75) is 13.8 Å². The number of aromatic nitrogens is 2. The van der Waals surface area contributed by atoms with Gasteiger partial charge in [0.2, 0.25) is 5.91 Å². The van der Waals surface area contributed by atoms with Crippen molar-refractivity contribution in [1.82, 2.24) is 9.97 Å². The van der Waals surface area contributed by atoms with Gasteiger partial charge in [-0.1, -0.05) is 29.8 Å². The molecule has 4 heteroatoms. The second kappa shape index (κ2) is 4.81. The van der Waals surface area contributed by atoms with Crippen LogP contribution in [0, 0.1) is 6.92 Å². The molecule has 3 rings (SSSR count). The lowest BCUT2D eigenvalue weighted by Crippen LogP contribution is -2.05. The van der Waals surface area contributed by atoms with Gasteiger partial charge in [0.15, 0.2) is 0 Å². The maximum atomic E-state index is 11.1. The van der Waals surface area contributed by atoms with Crippen molar-refractivity contribution in [2.24, 2.45) is 0 Å². The van der Waals surface area contributed by atoms with Gasteiger partial charge in [-0.2, -0.15) is 0 Å². The normalized spacial score (nSPS) is 10.7. The molecule has 4 nitrogen and oxygen atoms in total. The number of amides is 1. The lowest BCUT2D eigenvalue weighted by molar-refractivity contribution is -0.114. The minimum Gasteiger partial charge on any atom is -0.338 e. The number of carbonyl (C=O) groups excluding carboxylic acids is 1. The zero-order chi connectivity index (χ0) is 14.1. The summed E-state index contributed by atoms with van der Waals surface area (Å²) in [6, 6.07) is 13.8. The first-order valence-electron chi connectivity index (χ1n) is 6.46. The molecule has 1 heterocycles. The molecule has 0 bridgehead atoms. The van der Waals surface area contributed by atoms with Gasteiger partial charge in [-0.3, -0.25) is 4.79 Å². The van der Waals surface area contributed by atoms with Gasteiger partial charge >= 0.3 is 0 Å². The quantitative estimate of drug-likeness (QED) is 0.745. The van der Waals surface area contributed by atoms with Gasteiger partial charge in [0.25, 0.3) is 0 Å². The summed E-state index contributed by atoms with van der Waals surface area (Å²) in [6.07, 6.45) is 0. The standard InChI is InChI=1S/C16H15N3O/c1-10-3-5-12(6-4-10)16-18-14-8-7-13(17-11(2)20)9-15(14)19-16/h3-9H,1-2H3,(H,17,20)(H,18,19). The fraction of sp³-hybridized carbons (Fsp3) is 0.125. The Labute approximate surface area is 116 Å². The smallest absolute Gasteiger partial charge is 0.221 e. The zero-order valence-electron chi connectivity index (χ0n) is 11.4. The van der Waals surface area contributed by atoms with Gasteiger partial charge in [0.1, 0.15) is 5.82 Å². The van der Waals surface area contributed by atoms with Crippen LogP contribution in [0.3, 0.4) is 0 Å². The molecule has 1 aromatic heterocycles. The molecule has 0 fully saturated rings. The number of hydrogen-bond donors (Lipinski definition) is 2. The van der Waals surface area contributed by atoms with Crippen LogP contribution in [0.15, 0.2) is 42.5 Å². The second-order valence-corrected chi connectivity index (χ2v) is 4.86. The lowest BCUT2D eigenvalue weighted by atomic mass is 10.1. The Kier molecular flexibility index (Phi) is 2.99. The van der Waals surface area contributed by atoms with Crippen molar-refractivity contribution in [3.05, 3.63) is 48.0 Å². The first-order chi connectivity index (χ1) is 9.61. The molecule has 3 aromatic rings. The summed E-state index contributed by atoms with van der Waals surface area (Å²) < 4.78 is 0. The van der Waals surface area contributed by atoms with E-state index in [0.29, 0.717) is 0 Å². The van der Waals surface area contributed by atoms with Gasteiger partial charge in [0, 0.05) is 18.2 Å². The molecular formula is C16H15N3O. The largest absolute Gasteiger partial charge is 0.338 e. The molecule has 0 saturated carbocycles. The first kappa shape index (κ1) is 12.4. The van der Waals surface area contributed by atoms with Crippen LogP contribution in [0.4, 0.5) is 5.69 Å². The van der Waals surface area contributed by atoms with E-state index in [2.05, 4.69) is 34.3 Å². The predicted octanol–water partition coefficient (Wildman–Crippen LogP) is 3.50. The average Bonchev–Trinajstić information content (AvgIpc) is 2.81. The predicted molar refractivity (Wildman–Crippen MR) is 80.6 cm³/mol. The Morgan fingerprint density at radius 3 is 2.60 bits per heavy atom. The molecule has 2 N–H and O–H groups in total. The van der Waals surface area contributed by atoms with E-state index in [1.165, 1.54) is 12.5 Å². The van der Waals surface area contributed by atoms with Crippen LogP contribution in [-0.4, -0.2) is 15.9 Å². The highest BCUT2D eigenvalue weighted by Crippen LogP contribution is 2.23. The molecular weight excluding hydrogens is 250 g/mol. The molecule has 20 heavy (non-hydrogen) atoms. The summed E-state index contributed by atoms with van der Waals surface area (Å²) in [5, 5.41) is 2.77. The van der Waals surface area contributed by atoms with Gasteiger partial charge in [-0.15, -0.1) is 0 Å². The fourth-order valence-corrected chi connectivity index (χ4v) is 2.14. The van der Waals surface area contributed by atoms with Crippen LogP contribution in [0.5, 0.6) is 0 Å². The number of hydrogen-bond acceptors (Lipinski definition) is 2. The molecule has 0 spiro atoms. The van der Waals surface area contributed by atoms with Crippen molar-refractivity contribution in [1.29, 1.82) is 0 Å². The van der Waals surface area contributed by atoms with Gasteiger partial charge in [-0.05, 0) is 25.1 Å². The number of H-pyrrole nitrogens is 1. The number of imidazole rings is 1. The molecule has 1 amide bonds. The third-order valence-corrected chi connectivity index (χ3v) is 3.13. The Morgan fingerprint density at radius 2 is 1.90 bits per heavy atom. The van der Waals surface area contributed by atoms with Crippen molar-refractivity contribution >= 4 is 22.6 Å². The molecule has 2 aromatic carbocycles. The van der Waals surface area contributed by atoms with E-state index in [0.717, 1.165) is 28.1 Å². The Hall–Kier alpha value is -2.62. The summed E-state index contributed by atoms with van der Waals surface area (Å²) in [7, 11) is 0. The van der Waals surface area contributed by atoms with Crippen molar-refractivity contribution < 1.29 is 4.79 Å². The van der Waals surface area contributed by atoms with Crippen LogP contribution < -0.4 is 5.32 Å². The van der Waals surface area contributed by atoms with Gasteiger partial charge < -0.3 is 10.3 Å². The molecule has 100 valence electrons. The van der Waals surface area contributed by atoms with Crippen LogP contribution in [0.1, 0.15) is 12.5 Å². The SMILES string of the molecule is CC(=O)Nc1ccc2nc(-c3ccc(C)cc3)[nH]c2c1. The van der Waals surface area contributed by atoms with Crippen LogP contribution in [-0.2, 0) is 4.79 Å². The number of benzene rings is 2. The van der Waals surface area contributed by atoms with Crippen LogP contribution in [0.2, 0.25) is 0 Å². The summed E-state index contributed by atoms with van der Waals surface area (Å²) in [5.74, 6) is 0.752. The average molecular weight is 265 g/mol. The van der Waals surface area contributed by atoms with E-state index < -0.39 is 0 Å². The summed E-state index contributed by atoms with van der Waals surface area (Å²) in [5.41, 5.74) is 4.83. The fourth-order valence-electron chi connectivity index (χ4n) is 2.14. The van der Waals surface area contributed by atoms with E-state index in [-0.39, 0.29) is 5.91 Å². The summed E-state index contributed by atoms with van der Waals surface area (Å²) in [4.78, 5) is 18.9. The molecule has 0 atom stereocenters. The summed E-state index contributed by atoms with van der Waals surface area (Å²) >= 11 is 0. The third kappa shape index (κ3) is 2.40. The molecule has 0 aliphatic carbocycles. The lowest BCUT2D eigenvalue weighted by Gasteiger charge is -2.00. The molecule has 0 aliphatic heterocycles. The van der Waals surface area contributed by atoms with Crippen molar-refractivity contribution in [3.63, 3.8) is 0 Å². The zero-order valence-corrected chi connectivity index (χ0v) is 11.4. The highest BCUT2D eigenvalue weighted by molar-refractivity contribution is 5.92. The van der Waals surface area contributed by atoms with E-state index >= 15 is 0 Å². The maximum Gasteiger partial charge on any atom is 0.221 e. The number of aryl methyl sites for hydroxylation is 1. The summed E-state index contributed by atoms with van der Waals surface area (Å²) in [6.45, 7) is 3.55. The van der Waals surface area contributed by atoms with E-state index in [1.54, 1.807) is 0 Å². The number of anilines is 1. The highest BCUT2D eigenvalue weighted by Gasteiger charge is 2.06. The monoisotopic (exact) mass is 265 g/mol. The van der Waals surface area contributed by atoms with Gasteiger partial charge in [0.05, 0.1) is 11.0 Å². The third-order valence-electron chi connectivity index (χ3n) is 3.13.